The monoisotopic (exact) mass is 352 g/mol. The van der Waals surface area contributed by atoms with Crippen LogP contribution in [0.2, 0.25) is 0 Å². The van der Waals surface area contributed by atoms with Gasteiger partial charge in [-0.2, -0.15) is 0 Å². The molecule has 0 bridgehead atoms. The Labute approximate surface area is 158 Å². The van der Waals surface area contributed by atoms with E-state index in [1.54, 1.807) is 6.20 Å². The van der Waals surface area contributed by atoms with E-state index in [-0.39, 0.29) is 0 Å². The molecule has 0 spiro atoms. The molecule has 2 heterocycles. The largest absolute Gasteiger partial charge is 0.379 e. The topological polar surface area (TPSA) is 36.4 Å². The van der Waals surface area contributed by atoms with Gasteiger partial charge in [0.1, 0.15) is 5.60 Å². The molecule has 1 aromatic heterocycles. The maximum Gasteiger partial charge on any atom is 0.131 e. The molecule has 0 radical (unpaired) electrons. The molecule has 1 aliphatic rings. The van der Waals surface area contributed by atoms with Gasteiger partial charge >= 0.3 is 0 Å². The second kappa shape index (κ2) is 8.79. The van der Waals surface area contributed by atoms with Gasteiger partial charge in [-0.25, -0.2) is 0 Å². The minimum absolute atomic E-state index is 0.683. The van der Waals surface area contributed by atoms with E-state index < -0.39 is 5.60 Å². The predicted molar refractivity (Wildman–Crippen MR) is 107 cm³/mol. The Morgan fingerprint density at radius 2 is 1.69 bits per heavy atom. The fraction of sp³-hybridized carbons (Fsp3) is 0.522. The lowest BCUT2D eigenvalue weighted by Crippen LogP contribution is -2.44. The van der Waals surface area contributed by atoms with E-state index in [0.717, 1.165) is 30.6 Å². The molecule has 3 heteroatoms. The maximum atomic E-state index is 11.5. The van der Waals surface area contributed by atoms with Crippen molar-refractivity contribution in [3.05, 3.63) is 66.0 Å². The van der Waals surface area contributed by atoms with Crippen molar-refractivity contribution in [2.24, 2.45) is 0 Å². The Kier molecular flexibility index (Phi) is 6.44. The molecule has 0 saturated carbocycles. The zero-order chi connectivity index (χ0) is 18.4. The quantitative estimate of drug-likeness (QED) is 0.731. The fourth-order valence-corrected chi connectivity index (χ4v) is 4.33. The van der Waals surface area contributed by atoms with Crippen LogP contribution >= 0.6 is 0 Å². The third-order valence-electron chi connectivity index (χ3n) is 5.92. The molecule has 3 rings (SSSR count). The number of pyridine rings is 1. The second-order valence-corrected chi connectivity index (χ2v) is 7.77. The summed E-state index contributed by atoms with van der Waals surface area (Å²) in [4.78, 5) is 7.10. The van der Waals surface area contributed by atoms with Crippen LogP contribution in [0, 0.1) is 0 Å². The minimum Gasteiger partial charge on any atom is -0.379 e. The van der Waals surface area contributed by atoms with Gasteiger partial charge in [0.2, 0.25) is 0 Å². The van der Waals surface area contributed by atoms with Crippen LogP contribution in [0.25, 0.3) is 0 Å². The highest BCUT2D eigenvalue weighted by molar-refractivity contribution is 5.31. The van der Waals surface area contributed by atoms with Crippen molar-refractivity contribution in [1.29, 1.82) is 0 Å². The first-order chi connectivity index (χ1) is 12.6. The van der Waals surface area contributed by atoms with Gasteiger partial charge in [0.15, 0.2) is 0 Å². The number of aromatic nitrogens is 1. The molecular formula is C23H32N2O. The number of unbranched alkanes of at least 4 members (excludes halogenated alkanes) is 1. The van der Waals surface area contributed by atoms with Crippen LogP contribution < -0.4 is 0 Å². The van der Waals surface area contributed by atoms with Crippen LogP contribution in [0.3, 0.4) is 0 Å². The molecule has 1 N–H and O–H groups in total. The predicted octanol–water partition coefficient (Wildman–Crippen LogP) is 4.75. The van der Waals surface area contributed by atoms with Crippen LogP contribution in [-0.4, -0.2) is 33.6 Å². The van der Waals surface area contributed by atoms with Crippen molar-refractivity contribution in [2.45, 2.75) is 70.1 Å². The van der Waals surface area contributed by atoms with Crippen LogP contribution in [0.5, 0.6) is 0 Å². The van der Waals surface area contributed by atoms with Crippen molar-refractivity contribution in [2.75, 3.05) is 6.54 Å². The Morgan fingerprint density at radius 1 is 1.00 bits per heavy atom. The summed E-state index contributed by atoms with van der Waals surface area (Å²) in [6.07, 6.45) is 8.53. The van der Waals surface area contributed by atoms with Crippen molar-refractivity contribution >= 4 is 0 Å². The van der Waals surface area contributed by atoms with Gasteiger partial charge < -0.3 is 5.11 Å². The Bertz CT molecular complexity index is 609. The molecule has 1 fully saturated rings. The number of piperidine rings is 1. The van der Waals surface area contributed by atoms with Crippen molar-refractivity contribution < 1.29 is 5.11 Å². The van der Waals surface area contributed by atoms with Gasteiger partial charge in [-0.1, -0.05) is 42.8 Å². The molecule has 3 nitrogen and oxygen atoms in total. The number of aliphatic hydroxyl groups is 1. The molecule has 140 valence electrons. The van der Waals surface area contributed by atoms with Crippen LogP contribution in [-0.2, 0) is 5.60 Å². The zero-order valence-electron chi connectivity index (χ0n) is 16.1. The van der Waals surface area contributed by atoms with E-state index in [0.29, 0.717) is 18.5 Å². The number of hydrogen-bond donors (Lipinski definition) is 1. The lowest BCUT2D eigenvalue weighted by molar-refractivity contribution is 0.0584. The summed E-state index contributed by atoms with van der Waals surface area (Å²) in [5.74, 6) is 0. The summed E-state index contributed by atoms with van der Waals surface area (Å²) in [6, 6.07) is 17.1. The molecule has 2 aromatic rings. The number of hydrogen-bond acceptors (Lipinski definition) is 3. The van der Waals surface area contributed by atoms with Crippen molar-refractivity contribution in [3.8, 4) is 0 Å². The van der Waals surface area contributed by atoms with Gasteiger partial charge in [-0.15, -0.1) is 0 Å². The first-order valence-corrected chi connectivity index (χ1v) is 10.1. The highest BCUT2D eigenvalue weighted by Gasteiger charge is 2.32. The average molecular weight is 353 g/mol. The molecule has 0 amide bonds. The summed E-state index contributed by atoms with van der Waals surface area (Å²) < 4.78 is 0. The summed E-state index contributed by atoms with van der Waals surface area (Å²) >= 11 is 0. The van der Waals surface area contributed by atoms with Crippen LogP contribution in [0.1, 0.15) is 63.6 Å². The SMILES string of the molecule is C[C@@H]1CCC[C@@H](C)N1CCCC[C@](O)(c1ccccc1)c1ccccn1. The van der Waals surface area contributed by atoms with E-state index in [1.807, 2.05) is 48.5 Å². The molecule has 3 atom stereocenters. The van der Waals surface area contributed by atoms with E-state index in [9.17, 15) is 5.11 Å². The summed E-state index contributed by atoms with van der Waals surface area (Å²) in [5.41, 5.74) is 0.658. The van der Waals surface area contributed by atoms with Crippen LogP contribution in [0.4, 0.5) is 0 Å². The van der Waals surface area contributed by atoms with E-state index >= 15 is 0 Å². The lowest BCUT2D eigenvalue weighted by Gasteiger charge is -2.39. The summed E-state index contributed by atoms with van der Waals surface area (Å²) in [7, 11) is 0. The van der Waals surface area contributed by atoms with Gasteiger partial charge in [0.05, 0.1) is 5.69 Å². The van der Waals surface area contributed by atoms with E-state index in [2.05, 4.69) is 23.7 Å². The second-order valence-electron chi connectivity index (χ2n) is 7.77. The number of likely N-dealkylation sites (tertiary alicyclic amines) is 1. The number of benzene rings is 1. The maximum absolute atomic E-state index is 11.5. The molecule has 0 aliphatic carbocycles. The van der Waals surface area contributed by atoms with Gasteiger partial charge in [-0.3, -0.25) is 9.88 Å². The molecule has 1 aliphatic heterocycles. The molecular weight excluding hydrogens is 320 g/mol. The first-order valence-electron chi connectivity index (χ1n) is 10.1. The van der Waals surface area contributed by atoms with E-state index in [1.165, 1.54) is 19.3 Å². The number of rotatable bonds is 7. The molecule has 1 aromatic carbocycles. The van der Waals surface area contributed by atoms with Crippen LogP contribution in [0.15, 0.2) is 54.7 Å². The van der Waals surface area contributed by atoms with Gasteiger partial charge in [0.25, 0.3) is 0 Å². The first kappa shape index (κ1) is 19.1. The molecule has 1 saturated heterocycles. The normalized spacial score (nSPS) is 23.5. The molecule has 0 unspecified atom stereocenters. The zero-order valence-corrected chi connectivity index (χ0v) is 16.1. The fourth-order valence-electron chi connectivity index (χ4n) is 4.33. The smallest absolute Gasteiger partial charge is 0.131 e. The summed E-state index contributed by atoms with van der Waals surface area (Å²) in [6.45, 7) is 5.82. The highest BCUT2D eigenvalue weighted by Crippen LogP contribution is 2.33. The van der Waals surface area contributed by atoms with Gasteiger partial charge in [-0.05, 0) is 70.2 Å². The Balaban J connectivity index is 1.66. The van der Waals surface area contributed by atoms with Crippen molar-refractivity contribution in [1.82, 2.24) is 9.88 Å². The third-order valence-corrected chi connectivity index (χ3v) is 5.92. The van der Waals surface area contributed by atoms with E-state index in [4.69, 9.17) is 0 Å². The lowest BCUT2D eigenvalue weighted by atomic mass is 9.85. The average Bonchev–Trinajstić information content (AvgIpc) is 2.68. The Morgan fingerprint density at radius 3 is 2.35 bits per heavy atom. The van der Waals surface area contributed by atoms with Gasteiger partial charge in [0, 0.05) is 18.3 Å². The standard InChI is InChI=1S/C23H32N2O/c1-19-11-10-12-20(2)25(19)18-9-7-16-23(26,21-13-4-3-5-14-21)22-15-6-8-17-24-22/h3-6,8,13-15,17,19-20,26H,7,9-12,16,18H2,1-2H3/t19-,20-,23+/m1/s1. The third kappa shape index (κ3) is 4.33. The van der Waals surface area contributed by atoms with Crippen molar-refractivity contribution in [3.63, 3.8) is 0 Å². The number of nitrogens with zero attached hydrogens (tertiary/aromatic N) is 2. The molecule has 26 heavy (non-hydrogen) atoms. The summed E-state index contributed by atoms with van der Waals surface area (Å²) in [5, 5.41) is 11.5. The highest BCUT2D eigenvalue weighted by atomic mass is 16.3. The Hall–Kier alpha value is -1.71. The minimum atomic E-state index is -1.01.